The summed E-state index contributed by atoms with van der Waals surface area (Å²) in [5, 5.41) is 0.566. The Balaban J connectivity index is 2.95. The van der Waals surface area contributed by atoms with Gasteiger partial charge in [-0.1, -0.05) is 18.5 Å². The van der Waals surface area contributed by atoms with E-state index in [9.17, 15) is 4.79 Å². The molecule has 0 spiro atoms. The predicted molar refractivity (Wildman–Crippen MR) is 53.0 cm³/mol. The third-order valence-electron chi connectivity index (χ3n) is 2.03. The van der Waals surface area contributed by atoms with E-state index in [0.29, 0.717) is 17.1 Å². The van der Waals surface area contributed by atoms with Gasteiger partial charge in [-0.15, -0.1) is 0 Å². The lowest BCUT2D eigenvalue weighted by molar-refractivity contribution is -0.119. The largest absolute Gasteiger partial charge is 0.299 e. The second-order valence-electron chi connectivity index (χ2n) is 2.91. The molecule has 0 aliphatic rings. The fraction of sp³-hybridized carbons (Fsp3) is 0.400. The van der Waals surface area contributed by atoms with E-state index in [0.717, 1.165) is 0 Å². The topological polar surface area (TPSA) is 30.0 Å². The van der Waals surface area contributed by atoms with Crippen LogP contribution in [0.5, 0.6) is 0 Å². The highest BCUT2D eigenvalue weighted by atomic mass is 35.5. The van der Waals surface area contributed by atoms with Crippen molar-refractivity contribution in [2.24, 2.45) is 0 Å². The number of hydrogen-bond acceptors (Lipinski definition) is 2. The molecule has 1 atom stereocenters. The maximum absolute atomic E-state index is 11.4. The Hall–Kier alpha value is -0.890. The molecule has 0 saturated carbocycles. The number of carbonyl (C=O) groups is 1. The fourth-order valence-electron chi connectivity index (χ4n) is 1.18. The quantitative estimate of drug-likeness (QED) is 0.746. The first-order valence-electron chi connectivity index (χ1n) is 4.30. The maximum atomic E-state index is 11.4. The zero-order valence-corrected chi connectivity index (χ0v) is 8.51. The summed E-state index contributed by atoms with van der Waals surface area (Å²) in [6, 6.07) is 3.51. The highest BCUT2D eigenvalue weighted by Crippen LogP contribution is 2.22. The number of nitrogens with zero attached hydrogens (tertiary/aromatic N) is 1. The van der Waals surface area contributed by atoms with Crippen LogP contribution in [-0.2, 0) is 4.79 Å². The van der Waals surface area contributed by atoms with E-state index < -0.39 is 0 Å². The monoisotopic (exact) mass is 197 g/mol. The Labute approximate surface area is 82.9 Å². The van der Waals surface area contributed by atoms with Crippen LogP contribution < -0.4 is 0 Å². The van der Waals surface area contributed by atoms with E-state index in [4.69, 9.17) is 11.6 Å². The molecule has 2 nitrogen and oxygen atoms in total. The number of Topliss-reactive ketones (excluding diaryl/α,β-unsaturated/α-hetero) is 1. The lowest BCUT2D eigenvalue weighted by Crippen LogP contribution is -2.09. The summed E-state index contributed by atoms with van der Waals surface area (Å²) < 4.78 is 0. The minimum atomic E-state index is -0.196. The van der Waals surface area contributed by atoms with E-state index in [-0.39, 0.29) is 11.7 Å². The molecular weight excluding hydrogens is 186 g/mol. The minimum Gasteiger partial charge on any atom is -0.299 e. The average molecular weight is 198 g/mol. The van der Waals surface area contributed by atoms with Crippen molar-refractivity contribution >= 4 is 17.4 Å². The van der Waals surface area contributed by atoms with Crippen LogP contribution in [0.3, 0.4) is 0 Å². The van der Waals surface area contributed by atoms with Crippen LogP contribution in [0, 0.1) is 0 Å². The molecule has 13 heavy (non-hydrogen) atoms. The Kier molecular flexibility index (Phi) is 3.43. The summed E-state index contributed by atoms with van der Waals surface area (Å²) >= 11 is 5.91. The van der Waals surface area contributed by atoms with Crippen LogP contribution >= 0.6 is 11.6 Å². The summed E-state index contributed by atoms with van der Waals surface area (Å²) in [6.45, 7) is 3.68. The first-order chi connectivity index (χ1) is 6.16. The molecule has 1 aromatic heterocycles. The number of ketones is 1. The summed E-state index contributed by atoms with van der Waals surface area (Å²) in [6.07, 6.45) is 2.18. The lowest BCUT2D eigenvalue weighted by Gasteiger charge is -2.09. The molecule has 0 aliphatic heterocycles. The van der Waals surface area contributed by atoms with Gasteiger partial charge < -0.3 is 0 Å². The fourth-order valence-corrected chi connectivity index (χ4v) is 1.46. The van der Waals surface area contributed by atoms with Gasteiger partial charge >= 0.3 is 0 Å². The Morgan fingerprint density at radius 1 is 1.69 bits per heavy atom. The van der Waals surface area contributed by atoms with E-state index in [1.54, 1.807) is 18.3 Å². The van der Waals surface area contributed by atoms with Crippen molar-refractivity contribution in [1.29, 1.82) is 0 Å². The molecule has 1 unspecified atom stereocenters. The van der Waals surface area contributed by atoms with Gasteiger partial charge in [0.15, 0.2) is 0 Å². The number of aromatic nitrogens is 1. The number of hydrogen-bond donors (Lipinski definition) is 0. The van der Waals surface area contributed by atoms with E-state index in [1.165, 1.54) is 0 Å². The van der Waals surface area contributed by atoms with Crippen molar-refractivity contribution < 1.29 is 4.79 Å². The highest BCUT2D eigenvalue weighted by molar-refractivity contribution is 6.31. The van der Waals surface area contributed by atoms with Gasteiger partial charge in [0.25, 0.3) is 0 Å². The molecule has 1 heterocycles. The van der Waals surface area contributed by atoms with Crippen LogP contribution in [0.4, 0.5) is 0 Å². The molecule has 70 valence electrons. The summed E-state index contributed by atoms with van der Waals surface area (Å²) in [7, 11) is 0. The number of rotatable bonds is 3. The van der Waals surface area contributed by atoms with E-state index >= 15 is 0 Å². The van der Waals surface area contributed by atoms with Gasteiger partial charge in [-0.2, -0.15) is 0 Å². The summed E-state index contributed by atoms with van der Waals surface area (Å²) in [5.74, 6) is -0.0284. The predicted octanol–water partition coefficient (Wildman–Crippen LogP) is 2.82. The zero-order chi connectivity index (χ0) is 9.84. The van der Waals surface area contributed by atoms with Crippen LogP contribution in [0.2, 0.25) is 5.02 Å². The first kappa shape index (κ1) is 10.2. The zero-order valence-electron chi connectivity index (χ0n) is 7.75. The summed E-state index contributed by atoms with van der Waals surface area (Å²) in [5.41, 5.74) is 0.677. The lowest BCUT2D eigenvalue weighted by atomic mass is 10.0. The van der Waals surface area contributed by atoms with Gasteiger partial charge in [-0.25, -0.2) is 0 Å². The SMILES string of the molecule is CCC(=O)C(C)c1ncccc1Cl. The molecular formula is C10H12ClNO. The van der Waals surface area contributed by atoms with Crippen LogP contribution in [0.1, 0.15) is 31.9 Å². The van der Waals surface area contributed by atoms with Gasteiger partial charge in [-0.05, 0) is 19.1 Å². The molecule has 0 saturated heterocycles. The van der Waals surface area contributed by atoms with Crippen molar-refractivity contribution in [3.05, 3.63) is 29.0 Å². The van der Waals surface area contributed by atoms with Crippen molar-refractivity contribution in [2.75, 3.05) is 0 Å². The average Bonchev–Trinajstić information content (AvgIpc) is 2.16. The van der Waals surface area contributed by atoms with Gasteiger partial charge in [0, 0.05) is 12.6 Å². The van der Waals surface area contributed by atoms with E-state index in [2.05, 4.69) is 4.98 Å². The number of halogens is 1. The third-order valence-corrected chi connectivity index (χ3v) is 2.35. The van der Waals surface area contributed by atoms with Crippen LogP contribution in [0.15, 0.2) is 18.3 Å². The molecule has 1 aromatic rings. The Morgan fingerprint density at radius 2 is 2.38 bits per heavy atom. The minimum absolute atomic E-state index is 0.167. The molecule has 0 aromatic carbocycles. The Morgan fingerprint density at radius 3 is 2.92 bits per heavy atom. The standard InChI is InChI=1S/C10H12ClNO/c1-3-9(13)7(2)10-8(11)5-4-6-12-10/h4-7H,3H2,1-2H3. The second kappa shape index (κ2) is 4.38. The molecule has 1 rings (SSSR count). The van der Waals surface area contributed by atoms with Gasteiger partial charge in [0.1, 0.15) is 5.78 Å². The van der Waals surface area contributed by atoms with Crippen LogP contribution in [-0.4, -0.2) is 10.8 Å². The van der Waals surface area contributed by atoms with Gasteiger partial charge in [0.2, 0.25) is 0 Å². The molecule has 0 fully saturated rings. The number of pyridine rings is 1. The second-order valence-corrected chi connectivity index (χ2v) is 3.32. The maximum Gasteiger partial charge on any atom is 0.141 e. The first-order valence-corrected chi connectivity index (χ1v) is 4.67. The smallest absolute Gasteiger partial charge is 0.141 e. The van der Waals surface area contributed by atoms with Gasteiger partial charge in [0.05, 0.1) is 16.6 Å². The molecule has 0 N–H and O–H groups in total. The molecule has 0 aliphatic carbocycles. The number of carbonyl (C=O) groups excluding carboxylic acids is 1. The van der Waals surface area contributed by atoms with Crippen molar-refractivity contribution in [3.63, 3.8) is 0 Å². The molecule has 0 radical (unpaired) electrons. The summed E-state index contributed by atoms with van der Waals surface area (Å²) in [4.78, 5) is 15.5. The van der Waals surface area contributed by atoms with Crippen LogP contribution in [0.25, 0.3) is 0 Å². The van der Waals surface area contributed by atoms with Crippen molar-refractivity contribution in [3.8, 4) is 0 Å². The molecule has 0 amide bonds. The van der Waals surface area contributed by atoms with E-state index in [1.807, 2.05) is 13.8 Å². The molecule has 0 bridgehead atoms. The normalized spacial score (nSPS) is 12.5. The third kappa shape index (κ3) is 2.28. The highest BCUT2D eigenvalue weighted by Gasteiger charge is 2.16. The van der Waals surface area contributed by atoms with Crippen molar-refractivity contribution in [1.82, 2.24) is 4.98 Å². The Bertz CT molecular complexity index is 312. The van der Waals surface area contributed by atoms with Gasteiger partial charge in [-0.3, -0.25) is 9.78 Å². The molecule has 3 heteroatoms. The van der Waals surface area contributed by atoms with Crippen molar-refractivity contribution in [2.45, 2.75) is 26.2 Å².